The molecule has 2 rings (SSSR count). The van der Waals surface area contributed by atoms with E-state index >= 15 is 0 Å². The van der Waals surface area contributed by atoms with Gasteiger partial charge in [-0.15, -0.1) is 0 Å². The molecule has 1 aliphatic carbocycles. The Hall–Kier alpha value is -0.540. The van der Waals surface area contributed by atoms with E-state index in [4.69, 9.17) is 11.6 Å². The highest BCUT2D eigenvalue weighted by molar-refractivity contribution is 6.31. The minimum atomic E-state index is 0.605. The molecular weight excluding hydrogens is 222 g/mol. The van der Waals surface area contributed by atoms with Crippen molar-refractivity contribution in [3.05, 3.63) is 16.4 Å². The average molecular weight is 242 g/mol. The smallest absolute Gasteiger partial charge is 0.0847 e. The Bertz CT molecular complexity index is 369. The number of hydrogen-bond donors (Lipinski definition) is 1. The molecule has 0 radical (unpaired) electrons. The van der Waals surface area contributed by atoms with Crippen LogP contribution in [-0.2, 0) is 13.5 Å². The van der Waals surface area contributed by atoms with Gasteiger partial charge in [-0.3, -0.25) is 4.68 Å². The fourth-order valence-electron chi connectivity index (χ4n) is 1.96. The fraction of sp³-hybridized carbons (Fsp3) is 0.750. The summed E-state index contributed by atoms with van der Waals surface area (Å²) in [6.07, 6.45) is 3.69. The molecule has 0 amide bonds. The number of nitrogens with one attached hydrogen (secondary N) is 1. The summed E-state index contributed by atoms with van der Waals surface area (Å²) in [6, 6.07) is 0.784. The van der Waals surface area contributed by atoms with Gasteiger partial charge in [-0.1, -0.05) is 18.5 Å². The minimum Gasteiger partial charge on any atom is -0.314 e. The van der Waals surface area contributed by atoms with Crippen LogP contribution in [0.15, 0.2) is 0 Å². The van der Waals surface area contributed by atoms with E-state index in [0.717, 1.165) is 35.4 Å². The van der Waals surface area contributed by atoms with Gasteiger partial charge in [0.2, 0.25) is 0 Å². The lowest BCUT2D eigenvalue weighted by molar-refractivity contribution is 0.493. The summed E-state index contributed by atoms with van der Waals surface area (Å²) < 4.78 is 1.91. The summed E-state index contributed by atoms with van der Waals surface area (Å²) in [5.74, 6) is 0.605. The molecule has 0 spiro atoms. The van der Waals surface area contributed by atoms with Crippen LogP contribution in [0.25, 0.3) is 0 Å². The molecule has 0 aromatic carbocycles. The zero-order chi connectivity index (χ0) is 11.7. The SMILES string of the molecule is Cc1nn(C)c(CC(C)CNC2CC2)c1Cl. The van der Waals surface area contributed by atoms with Crippen LogP contribution in [0.5, 0.6) is 0 Å². The molecular formula is C12H20ClN3. The molecule has 3 nitrogen and oxygen atoms in total. The number of aryl methyl sites for hydroxylation is 2. The lowest BCUT2D eigenvalue weighted by Crippen LogP contribution is -2.24. The summed E-state index contributed by atoms with van der Waals surface area (Å²) >= 11 is 6.23. The Balaban J connectivity index is 1.91. The van der Waals surface area contributed by atoms with Gasteiger partial charge >= 0.3 is 0 Å². The Morgan fingerprint density at radius 3 is 2.75 bits per heavy atom. The van der Waals surface area contributed by atoms with E-state index in [1.54, 1.807) is 0 Å². The summed E-state index contributed by atoms with van der Waals surface area (Å²) in [7, 11) is 1.97. The molecule has 1 fully saturated rings. The summed E-state index contributed by atoms with van der Waals surface area (Å²) in [5, 5.41) is 8.72. The van der Waals surface area contributed by atoms with Crippen molar-refractivity contribution in [2.45, 2.75) is 39.2 Å². The molecule has 1 saturated carbocycles. The van der Waals surface area contributed by atoms with Crippen LogP contribution in [0, 0.1) is 12.8 Å². The van der Waals surface area contributed by atoms with E-state index in [9.17, 15) is 0 Å². The van der Waals surface area contributed by atoms with Gasteiger partial charge in [-0.25, -0.2) is 0 Å². The maximum Gasteiger partial charge on any atom is 0.0847 e. The molecule has 1 aromatic rings. The largest absolute Gasteiger partial charge is 0.314 e. The van der Waals surface area contributed by atoms with E-state index in [2.05, 4.69) is 17.3 Å². The van der Waals surface area contributed by atoms with Crippen molar-refractivity contribution in [3.63, 3.8) is 0 Å². The van der Waals surface area contributed by atoms with Crippen molar-refractivity contribution in [2.75, 3.05) is 6.54 Å². The highest BCUT2D eigenvalue weighted by Gasteiger charge is 2.21. The summed E-state index contributed by atoms with van der Waals surface area (Å²) in [5.41, 5.74) is 2.09. The molecule has 0 aliphatic heterocycles. The van der Waals surface area contributed by atoms with Crippen LogP contribution >= 0.6 is 11.6 Å². The number of halogens is 1. The third kappa shape index (κ3) is 2.77. The first kappa shape index (κ1) is 11.9. The Morgan fingerprint density at radius 1 is 1.56 bits per heavy atom. The Labute approximate surface area is 102 Å². The third-order valence-corrected chi connectivity index (χ3v) is 3.63. The monoisotopic (exact) mass is 241 g/mol. The van der Waals surface area contributed by atoms with Crippen molar-refractivity contribution in [1.29, 1.82) is 0 Å². The van der Waals surface area contributed by atoms with Crippen LogP contribution in [0.1, 0.15) is 31.2 Å². The zero-order valence-electron chi connectivity index (χ0n) is 10.3. The molecule has 90 valence electrons. The highest BCUT2D eigenvalue weighted by atomic mass is 35.5. The molecule has 1 unspecified atom stereocenters. The molecule has 1 aliphatic rings. The van der Waals surface area contributed by atoms with Crippen LogP contribution in [0.4, 0.5) is 0 Å². The summed E-state index contributed by atoms with van der Waals surface area (Å²) in [6.45, 7) is 5.29. The lowest BCUT2D eigenvalue weighted by atomic mass is 10.1. The maximum absolute atomic E-state index is 6.23. The molecule has 0 saturated heterocycles. The molecule has 4 heteroatoms. The lowest BCUT2D eigenvalue weighted by Gasteiger charge is -2.12. The fourth-order valence-corrected chi connectivity index (χ4v) is 2.20. The van der Waals surface area contributed by atoms with E-state index in [1.165, 1.54) is 12.8 Å². The van der Waals surface area contributed by atoms with Gasteiger partial charge in [0.25, 0.3) is 0 Å². The van der Waals surface area contributed by atoms with E-state index in [-0.39, 0.29) is 0 Å². The Morgan fingerprint density at radius 2 is 2.25 bits per heavy atom. The third-order valence-electron chi connectivity index (χ3n) is 3.14. The second-order valence-electron chi connectivity index (χ2n) is 4.96. The topological polar surface area (TPSA) is 29.9 Å². The van der Waals surface area contributed by atoms with Gasteiger partial charge in [-0.2, -0.15) is 5.10 Å². The van der Waals surface area contributed by atoms with Crippen molar-refractivity contribution in [3.8, 4) is 0 Å². The highest BCUT2D eigenvalue weighted by Crippen LogP contribution is 2.23. The number of hydrogen-bond acceptors (Lipinski definition) is 2. The van der Waals surface area contributed by atoms with Crippen LogP contribution < -0.4 is 5.32 Å². The summed E-state index contributed by atoms with van der Waals surface area (Å²) in [4.78, 5) is 0. The second kappa shape index (κ2) is 4.76. The number of rotatable bonds is 5. The first-order valence-corrected chi connectivity index (χ1v) is 6.37. The van der Waals surface area contributed by atoms with Crippen molar-refractivity contribution >= 4 is 11.6 Å². The normalized spacial score (nSPS) is 17.8. The van der Waals surface area contributed by atoms with Gasteiger partial charge < -0.3 is 5.32 Å². The van der Waals surface area contributed by atoms with Gasteiger partial charge in [0.15, 0.2) is 0 Å². The molecule has 1 atom stereocenters. The maximum atomic E-state index is 6.23. The number of aromatic nitrogens is 2. The molecule has 1 N–H and O–H groups in total. The van der Waals surface area contributed by atoms with E-state index in [1.807, 2.05) is 18.7 Å². The first-order valence-electron chi connectivity index (χ1n) is 5.99. The van der Waals surface area contributed by atoms with Gasteiger partial charge in [0.05, 0.1) is 16.4 Å². The van der Waals surface area contributed by atoms with E-state index < -0.39 is 0 Å². The van der Waals surface area contributed by atoms with Crippen molar-refractivity contribution < 1.29 is 0 Å². The van der Waals surface area contributed by atoms with Crippen molar-refractivity contribution in [1.82, 2.24) is 15.1 Å². The molecule has 1 aromatic heterocycles. The van der Waals surface area contributed by atoms with Crippen LogP contribution in [-0.4, -0.2) is 22.4 Å². The van der Waals surface area contributed by atoms with Gasteiger partial charge in [-0.05, 0) is 38.6 Å². The predicted molar refractivity (Wildman–Crippen MR) is 66.8 cm³/mol. The predicted octanol–water partition coefficient (Wildman–Crippen LogP) is 2.31. The zero-order valence-corrected chi connectivity index (χ0v) is 11.0. The Kier molecular flexibility index (Phi) is 3.55. The first-order chi connectivity index (χ1) is 7.58. The van der Waals surface area contributed by atoms with Crippen molar-refractivity contribution in [2.24, 2.45) is 13.0 Å². The standard InChI is InChI=1S/C12H20ClN3/c1-8(7-14-10-4-5-10)6-11-12(13)9(2)15-16(11)3/h8,10,14H,4-7H2,1-3H3. The molecule has 16 heavy (non-hydrogen) atoms. The van der Waals surface area contributed by atoms with E-state index in [0.29, 0.717) is 5.92 Å². The second-order valence-corrected chi connectivity index (χ2v) is 5.34. The van der Waals surface area contributed by atoms with Crippen LogP contribution in [0.3, 0.4) is 0 Å². The minimum absolute atomic E-state index is 0.605. The average Bonchev–Trinajstić information content (AvgIpc) is 3.01. The van der Waals surface area contributed by atoms with Gasteiger partial charge in [0, 0.05) is 13.1 Å². The molecule has 1 heterocycles. The quantitative estimate of drug-likeness (QED) is 0.858. The number of nitrogens with zero attached hydrogens (tertiary/aromatic N) is 2. The molecule has 0 bridgehead atoms. The van der Waals surface area contributed by atoms with Gasteiger partial charge in [0.1, 0.15) is 0 Å². The van der Waals surface area contributed by atoms with Crippen LogP contribution in [0.2, 0.25) is 5.02 Å².